The number of hydrogen-bond donors (Lipinski definition) is 2. The molecule has 0 spiro atoms. The molecule has 0 bridgehead atoms. The zero-order chi connectivity index (χ0) is 13.1. The maximum atomic E-state index is 5.65. The van der Waals surface area contributed by atoms with E-state index in [2.05, 4.69) is 10.4 Å². The van der Waals surface area contributed by atoms with Gasteiger partial charge in [0, 0.05) is 19.4 Å². The van der Waals surface area contributed by atoms with Crippen LogP contribution in [0.15, 0.2) is 30.6 Å². The quantitative estimate of drug-likeness (QED) is 0.630. The van der Waals surface area contributed by atoms with Crippen LogP contribution in [0.1, 0.15) is 23.0 Å². The standard InChI is InChI=1S/C13H18N4O/c1-9-4-5-10(8-11(9)18-3)12(16-14)13-15-6-7-17(13)2/h4-8,12,16H,14H2,1-3H3. The molecule has 0 fully saturated rings. The molecule has 1 aromatic heterocycles. The van der Waals surface area contributed by atoms with Crippen molar-refractivity contribution < 1.29 is 4.74 Å². The molecule has 1 aromatic carbocycles. The second-order valence-corrected chi connectivity index (χ2v) is 4.23. The van der Waals surface area contributed by atoms with Crippen molar-refractivity contribution in [3.63, 3.8) is 0 Å². The summed E-state index contributed by atoms with van der Waals surface area (Å²) in [6.07, 6.45) is 3.65. The second kappa shape index (κ2) is 5.20. The normalized spacial score (nSPS) is 12.4. The highest BCUT2D eigenvalue weighted by atomic mass is 16.5. The number of nitrogens with zero attached hydrogens (tertiary/aromatic N) is 2. The van der Waals surface area contributed by atoms with Crippen LogP contribution in [0.3, 0.4) is 0 Å². The molecule has 1 atom stereocenters. The number of nitrogens with two attached hydrogens (primary N) is 1. The highest BCUT2D eigenvalue weighted by Gasteiger charge is 2.17. The number of hydrogen-bond acceptors (Lipinski definition) is 4. The predicted octanol–water partition coefficient (Wildman–Crippen LogP) is 1.29. The molecule has 0 aliphatic rings. The van der Waals surface area contributed by atoms with E-state index in [1.165, 1.54) is 0 Å². The van der Waals surface area contributed by atoms with Crippen molar-refractivity contribution in [1.82, 2.24) is 15.0 Å². The van der Waals surface area contributed by atoms with Crippen LogP contribution in [-0.4, -0.2) is 16.7 Å². The number of aryl methyl sites for hydroxylation is 2. The number of aromatic nitrogens is 2. The molecule has 1 heterocycles. The van der Waals surface area contributed by atoms with Gasteiger partial charge >= 0.3 is 0 Å². The molecule has 96 valence electrons. The van der Waals surface area contributed by atoms with E-state index in [4.69, 9.17) is 10.6 Å². The largest absolute Gasteiger partial charge is 0.496 e. The molecule has 1 unspecified atom stereocenters. The van der Waals surface area contributed by atoms with Crippen LogP contribution < -0.4 is 16.0 Å². The van der Waals surface area contributed by atoms with Gasteiger partial charge in [-0.1, -0.05) is 12.1 Å². The first-order chi connectivity index (χ1) is 8.67. The number of ether oxygens (including phenoxy) is 1. The highest BCUT2D eigenvalue weighted by Crippen LogP contribution is 2.26. The number of rotatable bonds is 4. The molecule has 0 amide bonds. The Morgan fingerprint density at radius 3 is 2.78 bits per heavy atom. The Hall–Kier alpha value is -1.85. The third-order valence-corrected chi connectivity index (χ3v) is 3.05. The molecule has 0 aliphatic carbocycles. The van der Waals surface area contributed by atoms with E-state index < -0.39 is 0 Å². The Morgan fingerprint density at radius 1 is 1.44 bits per heavy atom. The summed E-state index contributed by atoms with van der Waals surface area (Å²) in [6.45, 7) is 2.01. The molecule has 0 saturated carbocycles. The topological polar surface area (TPSA) is 65.1 Å². The van der Waals surface area contributed by atoms with E-state index in [9.17, 15) is 0 Å². The van der Waals surface area contributed by atoms with Gasteiger partial charge in [-0.3, -0.25) is 5.84 Å². The van der Waals surface area contributed by atoms with Gasteiger partial charge in [-0.05, 0) is 24.1 Å². The Bertz CT molecular complexity index is 536. The molecule has 0 aliphatic heterocycles. The van der Waals surface area contributed by atoms with Crippen LogP contribution in [-0.2, 0) is 7.05 Å². The van der Waals surface area contributed by atoms with E-state index in [1.54, 1.807) is 13.3 Å². The van der Waals surface area contributed by atoms with Gasteiger partial charge in [-0.2, -0.15) is 0 Å². The molecule has 18 heavy (non-hydrogen) atoms. The smallest absolute Gasteiger partial charge is 0.131 e. The van der Waals surface area contributed by atoms with Crippen molar-refractivity contribution >= 4 is 0 Å². The minimum atomic E-state index is -0.153. The lowest BCUT2D eigenvalue weighted by molar-refractivity contribution is 0.410. The highest BCUT2D eigenvalue weighted by molar-refractivity contribution is 5.39. The van der Waals surface area contributed by atoms with Crippen molar-refractivity contribution in [3.8, 4) is 5.75 Å². The van der Waals surface area contributed by atoms with Crippen molar-refractivity contribution in [2.45, 2.75) is 13.0 Å². The van der Waals surface area contributed by atoms with Crippen LogP contribution in [0.2, 0.25) is 0 Å². The van der Waals surface area contributed by atoms with Gasteiger partial charge < -0.3 is 9.30 Å². The Morgan fingerprint density at radius 2 is 2.22 bits per heavy atom. The Kier molecular flexibility index (Phi) is 3.64. The van der Waals surface area contributed by atoms with E-state index in [0.29, 0.717) is 0 Å². The molecular weight excluding hydrogens is 228 g/mol. The van der Waals surface area contributed by atoms with Gasteiger partial charge in [-0.25, -0.2) is 10.4 Å². The van der Waals surface area contributed by atoms with Crippen LogP contribution in [0.25, 0.3) is 0 Å². The van der Waals surface area contributed by atoms with Crippen LogP contribution in [0.4, 0.5) is 0 Å². The van der Waals surface area contributed by atoms with Crippen LogP contribution >= 0.6 is 0 Å². The third kappa shape index (κ3) is 2.23. The number of hydrazine groups is 1. The first-order valence-corrected chi connectivity index (χ1v) is 5.75. The summed E-state index contributed by atoms with van der Waals surface area (Å²) < 4.78 is 7.27. The lowest BCUT2D eigenvalue weighted by Crippen LogP contribution is -2.30. The van der Waals surface area contributed by atoms with E-state index in [0.717, 1.165) is 22.7 Å². The third-order valence-electron chi connectivity index (χ3n) is 3.05. The summed E-state index contributed by atoms with van der Waals surface area (Å²) in [5, 5.41) is 0. The fraction of sp³-hybridized carbons (Fsp3) is 0.308. The average molecular weight is 246 g/mol. The summed E-state index contributed by atoms with van der Waals surface area (Å²) in [5.41, 5.74) is 4.91. The average Bonchev–Trinajstić information content (AvgIpc) is 2.79. The molecular formula is C13H18N4O. The second-order valence-electron chi connectivity index (χ2n) is 4.23. The number of nitrogens with one attached hydrogen (secondary N) is 1. The molecule has 2 rings (SSSR count). The van der Waals surface area contributed by atoms with Gasteiger partial charge in [0.1, 0.15) is 17.6 Å². The summed E-state index contributed by atoms with van der Waals surface area (Å²) in [7, 11) is 3.61. The first-order valence-electron chi connectivity index (χ1n) is 5.75. The summed E-state index contributed by atoms with van der Waals surface area (Å²) in [6, 6.07) is 5.87. The van der Waals surface area contributed by atoms with Crippen molar-refractivity contribution in [2.75, 3.05) is 7.11 Å². The molecule has 0 radical (unpaired) electrons. The van der Waals surface area contributed by atoms with Crippen LogP contribution in [0, 0.1) is 6.92 Å². The van der Waals surface area contributed by atoms with Crippen LogP contribution in [0.5, 0.6) is 5.75 Å². The van der Waals surface area contributed by atoms with Gasteiger partial charge in [0.2, 0.25) is 0 Å². The lowest BCUT2D eigenvalue weighted by Gasteiger charge is -2.17. The number of methoxy groups -OCH3 is 1. The molecule has 2 aromatic rings. The van der Waals surface area contributed by atoms with E-state index in [1.807, 2.05) is 42.9 Å². The summed E-state index contributed by atoms with van der Waals surface area (Å²) in [4.78, 5) is 4.32. The Balaban J connectivity index is 2.42. The minimum absolute atomic E-state index is 0.153. The maximum Gasteiger partial charge on any atom is 0.131 e. The number of benzene rings is 1. The Labute approximate surface area is 107 Å². The van der Waals surface area contributed by atoms with Crippen molar-refractivity contribution in [1.29, 1.82) is 0 Å². The van der Waals surface area contributed by atoms with Crippen molar-refractivity contribution in [2.24, 2.45) is 12.9 Å². The fourth-order valence-electron chi connectivity index (χ4n) is 1.99. The van der Waals surface area contributed by atoms with Gasteiger partial charge in [0.25, 0.3) is 0 Å². The number of imidazole rings is 1. The molecule has 3 N–H and O–H groups in total. The molecule has 0 saturated heterocycles. The lowest BCUT2D eigenvalue weighted by atomic mass is 10.0. The predicted molar refractivity (Wildman–Crippen MR) is 70.1 cm³/mol. The molecule has 5 heteroatoms. The van der Waals surface area contributed by atoms with Gasteiger partial charge in [0.05, 0.1) is 7.11 Å². The fourth-order valence-corrected chi connectivity index (χ4v) is 1.99. The summed E-state index contributed by atoms with van der Waals surface area (Å²) in [5.74, 6) is 7.36. The minimum Gasteiger partial charge on any atom is -0.496 e. The maximum absolute atomic E-state index is 5.65. The zero-order valence-electron chi connectivity index (χ0n) is 10.8. The SMILES string of the molecule is COc1cc(C(NN)c2nccn2C)ccc1C. The van der Waals surface area contributed by atoms with E-state index in [-0.39, 0.29) is 6.04 Å². The summed E-state index contributed by atoms with van der Waals surface area (Å²) >= 11 is 0. The zero-order valence-corrected chi connectivity index (χ0v) is 10.8. The van der Waals surface area contributed by atoms with Gasteiger partial charge in [0.15, 0.2) is 0 Å². The first kappa shape index (κ1) is 12.6. The van der Waals surface area contributed by atoms with Gasteiger partial charge in [-0.15, -0.1) is 0 Å². The van der Waals surface area contributed by atoms with Crippen molar-refractivity contribution in [3.05, 3.63) is 47.5 Å². The monoisotopic (exact) mass is 246 g/mol. The molecule has 5 nitrogen and oxygen atoms in total. The van der Waals surface area contributed by atoms with E-state index >= 15 is 0 Å².